The molecule has 1 aromatic carbocycles. The average Bonchev–Trinajstić information content (AvgIpc) is 2.82. The molecule has 16 heavy (non-hydrogen) atoms. The van der Waals surface area contributed by atoms with Crippen molar-refractivity contribution in [2.45, 2.75) is 6.54 Å². The van der Waals surface area contributed by atoms with Crippen molar-refractivity contribution in [3.05, 3.63) is 47.1 Å². The molecule has 6 heteroatoms. The Morgan fingerprint density at radius 3 is 2.62 bits per heavy atom. The van der Waals surface area contributed by atoms with Crippen LogP contribution in [0.2, 0.25) is 0 Å². The van der Waals surface area contributed by atoms with Crippen molar-refractivity contribution in [2.75, 3.05) is 6.61 Å². The quantitative estimate of drug-likeness (QED) is 0.796. The Labute approximate surface area is 93.7 Å². The van der Waals surface area contributed by atoms with Crippen LogP contribution in [0.1, 0.15) is 5.56 Å². The number of sulfonamides is 1. The molecular weight excluding hydrogens is 230 g/mol. The van der Waals surface area contributed by atoms with E-state index in [4.69, 9.17) is 0 Å². The Morgan fingerprint density at radius 1 is 1.25 bits per heavy atom. The van der Waals surface area contributed by atoms with Gasteiger partial charge in [0.2, 0.25) is 0 Å². The summed E-state index contributed by atoms with van der Waals surface area (Å²) in [5.41, 5.74) is 0.880. The van der Waals surface area contributed by atoms with Crippen molar-refractivity contribution >= 4 is 10.0 Å². The van der Waals surface area contributed by atoms with E-state index in [1.807, 2.05) is 30.3 Å². The van der Waals surface area contributed by atoms with Gasteiger partial charge in [-0.3, -0.25) is 0 Å². The first kappa shape index (κ1) is 11.1. The second kappa shape index (κ2) is 4.65. The van der Waals surface area contributed by atoms with Gasteiger partial charge in [-0.2, -0.15) is 4.89 Å². The fourth-order valence-electron chi connectivity index (χ4n) is 1.23. The molecule has 1 aliphatic heterocycles. The maximum absolute atomic E-state index is 11.6. The molecule has 5 nitrogen and oxygen atoms in total. The van der Waals surface area contributed by atoms with E-state index in [1.165, 1.54) is 6.08 Å². The molecule has 0 aliphatic carbocycles. The van der Waals surface area contributed by atoms with Gasteiger partial charge in [0.15, 0.2) is 0 Å². The molecule has 0 radical (unpaired) electrons. The van der Waals surface area contributed by atoms with Gasteiger partial charge in [-0.25, -0.2) is 13.1 Å². The molecule has 1 aromatic rings. The normalized spacial score (nSPS) is 15.6. The number of hydrogen-bond donors (Lipinski definition) is 1. The molecule has 0 bridgehead atoms. The van der Waals surface area contributed by atoms with Crippen LogP contribution in [0.5, 0.6) is 0 Å². The van der Waals surface area contributed by atoms with Crippen molar-refractivity contribution in [3.63, 3.8) is 0 Å². The zero-order valence-electron chi connectivity index (χ0n) is 8.42. The van der Waals surface area contributed by atoms with Gasteiger partial charge in [-0.1, -0.05) is 30.3 Å². The Hall–Kier alpha value is -1.37. The van der Waals surface area contributed by atoms with Crippen LogP contribution in [0.3, 0.4) is 0 Å². The lowest BCUT2D eigenvalue weighted by molar-refractivity contribution is -0.226. The molecule has 0 unspecified atom stereocenters. The van der Waals surface area contributed by atoms with E-state index in [0.29, 0.717) is 0 Å². The molecule has 1 heterocycles. The summed E-state index contributed by atoms with van der Waals surface area (Å²) in [6, 6.07) is 9.23. The number of nitrogens with one attached hydrogen (secondary N) is 1. The molecule has 0 fully saturated rings. The topological polar surface area (TPSA) is 64.6 Å². The van der Waals surface area contributed by atoms with E-state index in [2.05, 4.69) is 14.5 Å². The molecular formula is C10H11NO4S. The fourth-order valence-corrected chi connectivity index (χ4v) is 2.15. The van der Waals surface area contributed by atoms with Gasteiger partial charge in [-0.05, 0) is 5.56 Å². The summed E-state index contributed by atoms with van der Waals surface area (Å²) in [6.45, 7) is 0.380. The van der Waals surface area contributed by atoms with Crippen LogP contribution in [0.25, 0.3) is 0 Å². The summed E-state index contributed by atoms with van der Waals surface area (Å²) in [5.74, 6) is 0. The summed E-state index contributed by atoms with van der Waals surface area (Å²) < 4.78 is 25.7. The third-order valence-corrected chi connectivity index (χ3v) is 3.32. The van der Waals surface area contributed by atoms with Gasteiger partial charge in [0.05, 0.1) is 0 Å². The first-order valence-electron chi connectivity index (χ1n) is 4.72. The summed E-state index contributed by atoms with van der Waals surface area (Å²) in [5, 5.41) is -0.177. The Kier molecular flexibility index (Phi) is 3.23. The lowest BCUT2D eigenvalue weighted by Gasteiger charge is -2.05. The molecule has 0 saturated heterocycles. The minimum Gasteiger partial charge on any atom is -0.324 e. The molecule has 2 rings (SSSR count). The van der Waals surface area contributed by atoms with Crippen LogP contribution >= 0.6 is 0 Å². The van der Waals surface area contributed by atoms with Crippen molar-refractivity contribution in [1.82, 2.24) is 4.72 Å². The summed E-state index contributed by atoms with van der Waals surface area (Å²) >= 11 is 0. The zero-order chi connectivity index (χ0) is 11.4. The number of benzene rings is 1. The predicted molar refractivity (Wildman–Crippen MR) is 57.3 cm³/mol. The molecule has 0 saturated carbocycles. The predicted octanol–water partition coefficient (Wildman–Crippen LogP) is 0.909. The molecule has 0 spiro atoms. The lowest BCUT2D eigenvalue weighted by atomic mass is 10.2. The minimum atomic E-state index is -3.59. The van der Waals surface area contributed by atoms with E-state index in [9.17, 15) is 8.42 Å². The van der Waals surface area contributed by atoms with Crippen molar-refractivity contribution in [1.29, 1.82) is 0 Å². The van der Waals surface area contributed by atoms with Crippen molar-refractivity contribution in [3.8, 4) is 0 Å². The summed E-state index contributed by atoms with van der Waals surface area (Å²) in [4.78, 5) is 9.00. The zero-order valence-corrected chi connectivity index (χ0v) is 9.24. The first-order chi connectivity index (χ1) is 7.68. The van der Waals surface area contributed by atoms with Crippen LogP contribution in [0.4, 0.5) is 0 Å². The monoisotopic (exact) mass is 241 g/mol. The largest absolute Gasteiger partial charge is 0.324 e. The molecule has 0 amide bonds. The molecule has 86 valence electrons. The van der Waals surface area contributed by atoms with Crippen LogP contribution in [0, 0.1) is 0 Å². The second-order valence-corrected chi connectivity index (χ2v) is 4.90. The Balaban J connectivity index is 2.00. The van der Waals surface area contributed by atoms with E-state index < -0.39 is 10.0 Å². The first-order valence-corrected chi connectivity index (χ1v) is 6.20. The number of rotatable bonds is 4. The second-order valence-electron chi connectivity index (χ2n) is 3.20. The smallest absolute Gasteiger partial charge is 0.277 e. The average molecular weight is 241 g/mol. The number of hydrogen-bond acceptors (Lipinski definition) is 4. The van der Waals surface area contributed by atoms with Gasteiger partial charge < -0.3 is 4.89 Å². The molecule has 0 aromatic heterocycles. The SMILES string of the molecule is O=S(=O)(NCc1ccccc1)C1=CCOO1. The molecule has 0 atom stereocenters. The highest BCUT2D eigenvalue weighted by Gasteiger charge is 2.23. The van der Waals surface area contributed by atoms with Gasteiger partial charge in [-0.15, -0.1) is 0 Å². The van der Waals surface area contributed by atoms with Crippen LogP contribution in [0.15, 0.2) is 41.5 Å². The standard InChI is InChI=1S/C10H11NO4S/c12-16(13,10-6-7-14-15-10)11-8-9-4-2-1-3-5-9/h1-6,11H,7-8H2. The lowest BCUT2D eigenvalue weighted by Crippen LogP contribution is -2.24. The third kappa shape index (κ3) is 2.60. The Bertz CT molecular complexity index is 481. The van der Waals surface area contributed by atoms with Crippen LogP contribution < -0.4 is 4.72 Å². The maximum Gasteiger partial charge on any atom is 0.277 e. The molecule has 1 N–H and O–H groups in total. The van der Waals surface area contributed by atoms with E-state index in [0.717, 1.165) is 5.56 Å². The highest BCUT2D eigenvalue weighted by molar-refractivity contribution is 7.93. The molecule has 1 aliphatic rings. The summed E-state index contributed by atoms with van der Waals surface area (Å²) in [7, 11) is -3.59. The van der Waals surface area contributed by atoms with Crippen molar-refractivity contribution < 1.29 is 18.2 Å². The summed E-state index contributed by atoms with van der Waals surface area (Å²) in [6.07, 6.45) is 1.37. The third-order valence-electron chi connectivity index (χ3n) is 2.03. The van der Waals surface area contributed by atoms with Gasteiger partial charge in [0.25, 0.3) is 15.1 Å². The van der Waals surface area contributed by atoms with Crippen LogP contribution in [-0.2, 0) is 26.3 Å². The van der Waals surface area contributed by atoms with E-state index in [-0.39, 0.29) is 18.2 Å². The highest BCUT2D eigenvalue weighted by atomic mass is 32.2. The van der Waals surface area contributed by atoms with Gasteiger partial charge >= 0.3 is 0 Å². The van der Waals surface area contributed by atoms with Gasteiger partial charge in [0, 0.05) is 12.6 Å². The van der Waals surface area contributed by atoms with Gasteiger partial charge in [0.1, 0.15) is 6.61 Å². The van der Waals surface area contributed by atoms with Crippen molar-refractivity contribution in [2.24, 2.45) is 0 Å². The van der Waals surface area contributed by atoms with E-state index >= 15 is 0 Å². The maximum atomic E-state index is 11.6. The Morgan fingerprint density at radius 2 is 2.00 bits per heavy atom. The fraction of sp³-hybridized carbons (Fsp3) is 0.200. The highest BCUT2D eigenvalue weighted by Crippen LogP contribution is 2.13. The minimum absolute atomic E-state index is 0.154. The van der Waals surface area contributed by atoms with E-state index in [1.54, 1.807) is 0 Å². The van der Waals surface area contributed by atoms with Crippen LogP contribution in [-0.4, -0.2) is 15.0 Å².